The van der Waals surface area contributed by atoms with E-state index in [1.807, 2.05) is 12.2 Å². The first-order valence-corrected chi connectivity index (χ1v) is 13.1. The Bertz CT molecular complexity index is 1450. The van der Waals surface area contributed by atoms with Gasteiger partial charge in [0.25, 0.3) is 5.91 Å². The molecule has 0 fully saturated rings. The fraction of sp³-hybridized carbons (Fsp3) is 0.333. The second-order valence-electron chi connectivity index (χ2n) is 9.69. The summed E-state index contributed by atoms with van der Waals surface area (Å²) in [5.41, 5.74) is 7.87. The lowest BCUT2D eigenvalue weighted by Gasteiger charge is -2.21. The number of hydrogen-bond donors (Lipinski definition) is 2. The number of carbonyl (C=O) groups is 2. The van der Waals surface area contributed by atoms with Gasteiger partial charge in [0, 0.05) is 17.8 Å². The van der Waals surface area contributed by atoms with Crippen molar-refractivity contribution in [3.05, 3.63) is 94.1 Å². The lowest BCUT2D eigenvalue weighted by molar-refractivity contribution is -0.149. The molecule has 2 amide bonds. The van der Waals surface area contributed by atoms with Gasteiger partial charge in [-0.1, -0.05) is 26.0 Å². The minimum atomic E-state index is -4.63. The molecule has 1 aromatic carbocycles. The van der Waals surface area contributed by atoms with Crippen LogP contribution in [0.2, 0.25) is 0 Å². The predicted molar refractivity (Wildman–Crippen MR) is 146 cm³/mol. The maximum Gasteiger partial charge on any atom is 0.408 e. The predicted octanol–water partition coefficient (Wildman–Crippen LogP) is 6.29. The molecule has 2 unspecified atom stereocenters. The fourth-order valence-corrected chi connectivity index (χ4v) is 4.48. The van der Waals surface area contributed by atoms with Crippen molar-refractivity contribution in [2.75, 3.05) is 0 Å². The Morgan fingerprint density at radius 3 is 2.32 bits per heavy atom. The summed E-state index contributed by atoms with van der Waals surface area (Å²) < 4.78 is 67.6. The normalized spacial score (nSPS) is 13.8. The van der Waals surface area contributed by atoms with Gasteiger partial charge in [-0.15, -0.1) is 0 Å². The average Bonchev–Trinajstić information content (AvgIpc) is 2.91. The number of halogens is 5. The Kier molecular flexibility index (Phi) is 9.96. The van der Waals surface area contributed by atoms with Gasteiger partial charge in [0.05, 0.1) is 16.8 Å². The number of allylic oxidation sites excluding steroid dienone is 1. The minimum absolute atomic E-state index is 0.0192. The van der Waals surface area contributed by atoms with E-state index < -0.39 is 41.7 Å². The van der Waals surface area contributed by atoms with E-state index in [2.05, 4.69) is 9.97 Å². The van der Waals surface area contributed by atoms with Crippen molar-refractivity contribution in [1.29, 1.82) is 0 Å². The summed E-state index contributed by atoms with van der Waals surface area (Å²) in [4.78, 5) is 33.6. The molecule has 2 aromatic heterocycles. The molecule has 2 atom stereocenters. The molecule has 3 aromatic rings. The van der Waals surface area contributed by atoms with Gasteiger partial charge in [0.2, 0.25) is 11.9 Å². The van der Waals surface area contributed by atoms with Crippen LogP contribution in [0.3, 0.4) is 0 Å². The number of pyridine rings is 2. The van der Waals surface area contributed by atoms with Gasteiger partial charge in [-0.2, -0.15) is 17.6 Å². The van der Waals surface area contributed by atoms with Crippen LogP contribution >= 0.6 is 0 Å². The molecule has 0 bridgehead atoms. The first kappa shape index (κ1) is 31.4. The molecule has 0 spiro atoms. The Balaban J connectivity index is 2.19. The van der Waals surface area contributed by atoms with Crippen LogP contribution in [0.4, 0.5) is 22.0 Å². The highest BCUT2D eigenvalue weighted by atomic mass is 19.4. The van der Waals surface area contributed by atoms with Crippen molar-refractivity contribution in [3.8, 4) is 0 Å². The number of nitrogens with two attached hydrogens (primary N) is 1. The zero-order valence-corrected chi connectivity index (χ0v) is 23.1. The molecule has 0 saturated heterocycles. The van der Waals surface area contributed by atoms with E-state index in [-0.39, 0.29) is 34.4 Å². The van der Waals surface area contributed by atoms with Crippen LogP contribution in [0.5, 0.6) is 0 Å². The number of hydrogen-bond acceptors (Lipinski definition) is 4. The number of nitrogens with one attached hydrogen (secondary N) is 1. The van der Waals surface area contributed by atoms with E-state index in [4.69, 9.17) is 5.73 Å². The standard InChI is InChI=1S/C30H31F5N4O2/c1-5-18-12-16(3)21(14-23(18)31)27(28(36)40)22(13-19(6-2)24-8-7-9-26(32)39-24)25-11-10-20(15-37-25)29(41)38-17(4)30(33,34)35/h7-12,14-15,17,19H,5-6,13H2,1-4H3,(H2,36,40)(H,38,41). The van der Waals surface area contributed by atoms with Crippen molar-refractivity contribution in [1.82, 2.24) is 15.3 Å². The molecule has 2 heterocycles. The number of amides is 2. The second kappa shape index (κ2) is 13.0. The van der Waals surface area contributed by atoms with Crippen LogP contribution in [-0.4, -0.2) is 34.0 Å². The van der Waals surface area contributed by atoms with Gasteiger partial charge in [-0.05, 0) is 85.7 Å². The number of primary amides is 1. The SMILES string of the molecule is CCc1cc(C)c(C(C(N)=O)=C(CC(CC)c2cccc(F)n2)c2ccc(C(=O)NC(C)C(F)(F)F)cn2)cc1F. The van der Waals surface area contributed by atoms with Crippen LogP contribution in [-0.2, 0) is 11.2 Å². The molecule has 11 heteroatoms. The molecule has 3 rings (SSSR count). The first-order valence-electron chi connectivity index (χ1n) is 13.1. The number of benzene rings is 1. The maximum absolute atomic E-state index is 14.9. The molecule has 0 aliphatic heterocycles. The monoisotopic (exact) mass is 574 g/mol. The minimum Gasteiger partial charge on any atom is -0.366 e. The van der Waals surface area contributed by atoms with Crippen molar-refractivity contribution < 1.29 is 31.5 Å². The molecule has 0 radical (unpaired) electrons. The summed E-state index contributed by atoms with van der Waals surface area (Å²) >= 11 is 0. The quantitative estimate of drug-likeness (QED) is 0.169. The first-order chi connectivity index (χ1) is 19.3. The number of aromatic nitrogens is 2. The Labute approximate surface area is 234 Å². The highest BCUT2D eigenvalue weighted by molar-refractivity contribution is 6.26. The van der Waals surface area contributed by atoms with Gasteiger partial charge in [0.15, 0.2) is 0 Å². The van der Waals surface area contributed by atoms with Crippen molar-refractivity contribution in [2.24, 2.45) is 5.73 Å². The molecule has 6 nitrogen and oxygen atoms in total. The van der Waals surface area contributed by atoms with Crippen LogP contribution in [0.25, 0.3) is 11.1 Å². The summed E-state index contributed by atoms with van der Waals surface area (Å²) in [5, 5.41) is 1.87. The Morgan fingerprint density at radius 2 is 1.78 bits per heavy atom. The molecule has 0 aliphatic rings. The largest absolute Gasteiger partial charge is 0.408 e. The molecule has 218 valence electrons. The van der Waals surface area contributed by atoms with Crippen LogP contribution in [0.15, 0.2) is 48.7 Å². The topological polar surface area (TPSA) is 98.0 Å². The lowest BCUT2D eigenvalue weighted by Crippen LogP contribution is -2.43. The smallest absolute Gasteiger partial charge is 0.366 e. The van der Waals surface area contributed by atoms with Gasteiger partial charge in [0.1, 0.15) is 11.9 Å². The lowest BCUT2D eigenvalue weighted by atomic mass is 9.85. The van der Waals surface area contributed by atoms with Crippen molar-refractivity contribution in [3.63, 3.8) is 0 Å². The summed E-state index contributed by atoms with van der Waals surface area (Å²) in [6, 6.07) is 7.78. The highest BCUT2D eigenvalue weighted by Crippen LogP contribution is 2.37. The van der Waals surface area contributed by atoms with Crippen LogP contribution in [0, 0.1) is 18.7 Å². The zero-order chi connectivity index (χ0) is 30.5. The van der Waals surface area contributed by atoms with E-state index in [0.29, 0.717) is 29.7 Å². The van der Waals surface area contributed by atoms with Gasteiger partial charge in [-0.3, -0.25) is 14.6 Å². The molecule has 41 heavy (non-hydrogen) atoms. The van der Waals surface area contributed by atoms with Crippen molar-refractivity contribution >= 4 is 23.0 Å². The van der Waals surface area contributed by atoms with Gasteiger partial charge < -0.3 is 11.1 Å². The van der Waals surface area contributed by atoms with Gasteiger partial charge >= 0.3 is 6.18 Å². The summed E-state index contributed by atoms with van der Waals surface area (Å²) in [6.07, 6.45) is -2.55. The summed E-state index contributed by atoms with van der Waals surface area (Å²) in [6.45, 7) is 6.17. The fourth-order valence-electron chi connectivity index (χ4n) is 4.48. The van der Waals surface area contributed by atoms with E-state index in [1.54, 1.807) is 26.0 Å². The third kappa shape index (κ3) is 7.53. The van der Waals surface area contributed by atoms with Crippen molar-refractivity contribution in [2.45, 2.75) is 65.1 Å². The second-order valence-corrected chi connectivity index (χ2v) is 9.69. The summed E-state index contributed by atoms with van der Waals surface area (Å²) in [5.74, 6) is -3.47. The van der Waals surface area contributed by atoms with E-state index in [0.717, 1.165) is 13.1 Å². The van der Waals surface area contributed by atoms with Gasteiger partial charge in [-0.25, -0.2) is 9.37 Å². The Morgan fingerprint density at radius 1 is 1.07 bits per heavy atom. The molecular weight excluding hydrogens is 543 g/mol. The number of nitrogens with zero attached hydrogens (tertiary/aromatic N) is 2. The highest BCUT2D eigenvalue weighted by Gasteiger charge is 2.37. The number of alkyl halides is 3. The van der Waals surface area contributed by atoms with E-state index in [9.17, 15) is 31.5 Å². The molecule has 0 saturated carbocycles. The molecule has 3 N–H and O–H groups in total. The molecular formula is C30H31F5N4O2. The van der Waals surface area contributed by atoms with Crippen LogP contribution in [0.1, 0.15) is 78.0 Å². The Hall–Kier alpha value is -4.15. The van der Waals surface area contributed by atoms with Crippen LogP contribution < -0.4 is 11.1 Å². The third-order valence-electron chi connectivity index (χ3n) is 6.86. The number of aryl methyl sites for hydroxylation is 2. The number of carbonyl (C=O) groups excluding carboxylic acids is 2. The van der Waals surface area contributed by atoms with E-state index >= 15 is 0 Å². The summed E-state index contributed by atoms with van der Waals surface area (Å²) in [7, 11) is 0. The molecule has 0 aliphatic carbocycles. The van der Waals surface area contributed by atoms with E-state index in [1.165, 1.54) is 30.3 Å². The third-order valence-corrected chi connectivity index (χ3v) is 6.86. The average molecular weight is 575 g/mol. The number of rotatable bonds is 10. The maximum atomic E-state index is 14.9. The zero-order valence-electron chi connectivity index (χ0n) is 23.1.